The quantitative estimate of drug-likeness (QED) is 0.685. The van der Waals surface area contributed by atoms with Crippen molar-refractivity contribution in [3.05, 3.63) is 47.5 Å². The maximum Gasteiger partial charge on any atom is 0.311 e. The summed E-state index contributed by atoms with van der Waals surface area (Å²) in [4.78, 5) is 38.7. The van der Waals surface area contributed by atoms with Gasteiger partial charge in [0.1, 0.15) is 11.5 Å². The van der Waals surface area contributed by atoms with Crippen molar-refractivity contribution in [3.8, 4) is 11.5 Å². The normalized spacial score (nSPS) is 15.5. The molecule has 2 aromatic rings. The fourth-order valence-corrected chi connectivity index (χ4v) is 3.50. The number of hydrogen-bond acceptors (Lipinski definition) is 6. The minimum absolute atomic E-state index is 0.00210. The summed E-state index contributed by atoms with van der Waals surface area (Å²) in [7, 11) is 3.03. The van der Waals surface area contributed by atoms with E-state index < -0.39 is 24.4 Å². The maximum atomic E-state index is 12.5. The molecule has 2 amide bonds. The summed E-state index contributed by atoms with van der Waals surface area (Å²) >= 11 is 0. The van der Waals surface area contributed by atoms with Crippen LogP contribution in [0.1, 0.15) is 17.5 Å². The predicted octanol–water partition coefficient (Wildman–Crippen LogP) is 2.86. The second kappa shape index (κ2) is 9.51. The molecule has 1 N–H and O–H groups in total. The molecule has 0 bridgehead atoms. The summed E-state index contributed by atoms with van der Waals surface area (Å²) in [5.74, 6) is -0.858. The van der Waals surface area contributed by atoms with Gasteiger partial charge >= 0.3 is 5.97 Å². The van der Waals surface area contributed by atoms with Crippen LogP contribution >= 0.6 is 0 Å². The lowest BCUT2D eigenvalue weighted by molar-refractivity contribution is -0.151. The lowest BCUT2D eigenvalue weighted by Crippen LogP contribution is -2.28. The van der Waals surface area contributed by atoms with Crippen molar-refractivity contribution in [2.24, 2.45) is 5.92 Å². The molecule has 0 radical (unpaired) electrons. The molecule has 8 nitrogen and oxygen atoms in total. The minimum Gasteiger partial charge on any atom is -0.497 e. The monoisotopic (exact) mass is 426 g/mol. The molecule has 1 atom stereocenters. The van der Waals surface area contributed by atoms with Crippen LogP contribution in [-0.4, -0.2) is 45.2 Å². The molecule has 1 fully saturated rings. The van der Waals surface area contributed by atoms with Crippen LogP contribution in [0.15, 0.2) is 36.4 Å². The molecule has 0 saturated carbocycles. The number of amides is 2. The number of benzene rings is 2. The van der Waals surface area contributed by atoms with Crippen molar-refractivity contribution < 1.29 is 28.6 Å². The summed E-state index contributed by atoms with van der Waals surface area (Å²) in [5.41, 5.74) is 3.20. The van der Waals surface area contributed by atoms with Crippen molar-refractivity contribution >= 4 is 29.2 Å². The molecule has 1 heterocycles. The zero-order valence-corrected chi connectivity index (χ0v) is 18.1. The molecule has 0 aliphatic carbocycles. The second-order valence-corrected chi connectivity index (χ2v) is 7.42. The SMILES string of the molecule is COc1ccc(OC)c(N2C[C@H](C(=O)OCC(=O)Nc3ccc(C)cc3C)CC2=O)c1. The third kappa shape index (κ3) is 5.14. The van der Waals surface area contributed by atoms with Crippen LogP contribution < -0.4 is 19.7 Å². The zero-order valence-electron chi connectivity index (χ0n) is 18.1. The van der Waals surface area contributed by atoms with Gasteiger partial charge in [-0.3, -0.25) is 14.4 Å². The number of ether oxygens (including phenoxy) is 3. The Morgan fingerprint density at radius 1 is 1.10 bits per heavy atom. The van der Waals surface area contributed by atoms with Crippen LogP contribution in [-0.2, 0) is 19.1 Å². The molecule has 1 aliphatic heterocycles. The molecule has 1 saturated heterocycles. The van der Waals surface area contributed by atoms with Crippen molar-refractivity contribution in [1.82, 2.24) is 0 Å². The first-order valence-corrected chi connectivity index (χ1v) is 9.88. The molecular weight excluding hydrogens is 400 g/mol. The predicted molar refractivity (Wildman–Crippen MR) is 116 cm³/mol. The Morgan fingerprint density at radius 2 is 1.87 bits per heavy atom. The van der Waals surface area contributed by atoms with E-state index in [1.807, 2.05) is 26.0 Å². The van der Waals surface area contributed by atoms with Gasteiger partial charge in [0.15, 0.2) is 6.61 Å². The van der Waals surface area contributed by atoms with E-state index in [2.05, 4.69) is 5.32 Å². The molecule has 0 aromatic heterocycles. The highest BCUT2D eigenvalue weighted by atomic mass is 16.5. The number of nitrogens with one attached hydrogen (secondary N) is 1. The van der Waals surface area contributed by atoms with Crippen molar-refractivity contribution in [3.63, 3.8) is 0 Å². The van der Waals surface area contributed by atoms with Gasteiger partial charge in [-0.25, -0.2) is 0 Å². The van der Waals surface area contributed by atoms with E-state index >= 15 is 0 Å². The molecule has 8 heteroatoms. The molecule has 0 unspecified atom stereocenters. The maximum absolute atomic E-state index is 12.5. The number of carbonyl (C=O) groups excluding carboxylic acids is 3. The number of aryl methyl sites for hydroxylation is 2. The molecule has 0 spiro atoms. The fourth-order valence-electron chi connectivity index (χ4n) is 3.50. The first kappa shape index (κ1) is 22.1. The Kier molecular flexibility index (Phi) is 6.79. The Bertz CT molecular complexity index is 1000. The highest BCUT2D eigenvalue weighted by Gasteiger charge is 2.37. The third-order valence-corrected chi connectivity index (χ3v) is 5.14. The Morgan fingerprint density at radius 3 is 2.55 bits per heavy atom. The first-order chi connectivity index (χ1) is 14.8. The van der Waals surface area contributed by atoms with E-state index in [1.54, 1.807) is 24.3 Å². The third-order valence-electron chi connectivity index (χ3n) is 5.14. The Balaban J connectivity index is 1.60. The summed E-state index contributed by atoms with van der Waals surface area (Å²) in [6, 6.07) is 10.8. The van der Waals surface area contributed by atoms with Crippen LogP contribution in [0.5, 0.6) is 11.5 Å². The lowest BCUT2D eigenvalue weighted by Gasteiger charge is -2.20. The van der Waals surface area contributed by atoms with E-state index in [-0.39, 0.29) is 18.9 Å². The second-order valence-electron chi connectivity index (χ2n) is 7.42. The van der Waals surface area contributed by atoms with Gasteiger partial charge in [-0.15, -0.1) is 0 Å². The Hall–Kier alpha value is -3.55. The van der Waals surface area contributed by atoms with Gasteiger partial charge in [-0.2, -0.15) is 0 Å². The number of carbonyl (C=O) groups is 3. The number of hydrogen-bond donors (Lipinski definition) is 1. The number of nitrogens with zero attached hydrogens (tertiary/aromatic N) is 1. The number of methoxy groups -OCH3 is 2. The van der Waals surface area contributed by atoms with E-state index in [1.165, 1.54) is 19.1 Å². The van der Waals surface area contributed by atoms with Gasteiger partial charge in [0.2, 0.25) is 5.91 Å². The van der Waals surface area contributed by atoms with Crippen LogP contribution in [0.4, 0.5) is 11.4 Å². The molecular formula is C23H26N2O6. The van der Waals surface area contributed by atoms with E-state index in [0.29, 0.717) is 22.9 Å². The largest absolute Gasteiger partial charge is 0.497 e. The van der Waals surface area contributed by atoms with E-state index in [9.17, 15) is 14.4 Å². The van der Waals surface area contributed by atoms with Crippen molar-refractivity contribution in [2.45, 2.75) is 20.3 Å². The van der Waals surface area contributed by atoms with Gasteiger partial charge in [-0.1, -0.05) is 17.7 Å². The van der Waals surface area contributed by atoms with Crippen LogP contribution in [0.3, 0.4) is 0 Å². The topological polar surface area (TPSA) is 94.2 Å². The molecule has 164 valence electrons. The number of esters is 1. The minimum atomic E-state index is -0.669. The first-order valence-electron chi connectivity index (χ1n) is 9.88. The van der Waals surface area contributed by atoms with E-state index in [0.717, 1.165) is 11.1 Å². The van der Waals surface area contributed by atoms with Crippen LogP contribution in [0, 0.1) is 19.8 Å². The summed E-state index contributed by atoms with van der Waals surface area (Å²) in [6.45, 7) is 3.58. The summed E-state index contributed by atoms with van der Waals surface area (Å²) in [5, 5.41) is 2.73. The fraction of sp³-hybridized carbons (Fsp3) is 0.348. The highest BCUT2D eigenvalue weighted by molar-refractivity contribution is 6.01. The lowest BCUT2D eigenvalue weighted by atomic mass is 10.1. The van der Waals surface area contributed by atoms with Gasteiger partial charge in [0.05, 0.1) is 25.8 Å². The number of anilines is 2. The van der Waals surface area contributed by atoms with Gasteiger partial charge < -0.3 is 24.4 Å². The van der Waals surface area contributed by atoms with Crippen molar-refractivity contribution in [2.75, 3.05) is 37.6 Å². The Labute approximate surface area is 181 Å². The smallest absolute Gasteiger partial charge is 0.311 e. The molecule has 2 aromatic carbocycles. The number of rotatable bonds is 7. The van der Waals surface area contributed by atoms with Gasteiger partial charge in [-0.05, 0) is 37.6 Å². The average molecular weight is 426 g/mol. The van der Waals surface area contributed by atoms with E-state index in [4.69, 9.17) is 14.2 Å². The van der Waals surface area contributed by atoms with Crippen molar-refractivity contribution in [1.29, 1.82) is 0 Å². The standard InChI is InChI=1S/C23H26N2O6/c1-14-5-7-18(15(2)9-14)24-21(26)13-31-23(28)16-10-22(27)25(12-16)19-11-17(29-3)6-8-20(19)30-4/h5-9,11,16H,10,12-13H2,1-4H3,(H,24,26)/t16-/m1/s1. The van der Waals surface area contributed by atoms with Gasteiger partial charge in [0.25, 0.3) is 5.91 Å². The molecule has 3 rings (SSSR count). The molecule has 31 heavy (non-hydrogen) atoms. The van der Waals surface area contributed by atoms with Crippen LogP contribution in [0.25, 0.3) is 0 Å². The average Bonchev–Trinajstić information content (AvgIpc) is 3.15. The van der Waals surface area contributed by atoms with Gasteiger partial charge in [0, 0.05) is 24.7 Å². The van der Waals surface area contributed by atoms with Crippen LogP contribution in [0.2, 0.25) is 0 Å². The zero-order chi connectivity index (χ0) is 22.5. The molecule has 1 aliphatic rings. The summed E-state index contributed by atoms with van der Waals surface area (Å²) < 4.78 is 15.7. The summed E-state index contributed by atoms with van der Waals surface area (Å²) in [6.07, 6.45) is -0.00210. The highest BCUT2D eigenvalue weighted by Crippen LogP contribution is 2.36.